The van der Waals surface area contributed by atoms with Crippen molar-refractivity contribution in [2.24, 2.45) is 0 Å². The first-order chi connectivity index (χ1) is 15.8. The molecular formula is C22H23ClN4O5S. The Morgan fingerprint density at radius 1 is 1.12 bits per heavy atom. The highest BCUT2D eigenvalue weighted by Gasteiger charge is 2.26. The van der Waals surface area contributed by atoms with Crippen molar-refractivity contribution in [2.45, 2.75) is 18.7 Å². The predicted molar refractivity (Wildman–Crippen MR) is 126 cm³/mol. The summed E-state index contributed by atoms with van der Waals surface area (Å²) in [7, 11) is -4.04. The molecule has 174 valence electrons. The quantitative estimate of drug-likeness (QED) is 0.539. The van der Waals surface area contributed by atoms with E-state index in [2.05, 4.69) is 15.2 Å². The van der Waals surface area contributed by atoms with Crippen molar-refractivity contribution >= 4 is 44.6 Å². The van der Waals surface area contributed by atoms with Crippen LogP contribution in [0.4, 0.5) is 17.1 Å². The lowest BCUT2D eigenvalue weighted by Crippen LogP contribution is -2.37. The number of sulfonamides is 1. The van der Waals surface area contributed by atoms with E-state index in [9.17, 15) is 13.2 Å². The molecule has 1 aliphatic rings. The second-order valence-corrected chi connectivity index (χ2v) is 9.58. The van der Waals surface area contributed by atoms with Crippen molar-refractivity contribution in [3.63, 3.8) is 0 Å². The van der Waals surface area contributed by atoms with Gasteiger partial charge in [0.05, 0.1) is 35.3 Å². The minimum absolute atomic E-state index is 0.0147. The van der Waals surface area contributed by atoms with Crippen molar-refractivity contribution in [3.8, 4) is 0 Å². The van der Waals surface area contributed by atoms with E-state index in [-0.39, 0.29) is 15.6 Å². The largest absolute Gasteiger partial charge is 0.378 e. The molecule has 0 unspecified atom stereocenters. The number of carbonyl (C=O) groups is 1. The summed E-state index contributed by atoms with van der Waals surface area (Å²) in [5.74, 6) is -0.0593. The molecule has 0 radical (unpaired) electrons. The monoisotopic (exact) mass is 490 g/mol. The first kappa shape index (κ1) is 23.1. The summed E-state index contributed by atoms with van der Waals surface area (Å²) in [6.07, 6.45) is 0. The molecule has 1 aliphatic heterocycles. The lowest BCUT2D eigenvalue weighted by atomic mass is 10.2. The minimum Gasteiger partial charge on any atom is -0.378 e. The maximum Gasteiger partial charge on any atom is 0.264 e. The van der Waals surface area contributed by atoms with Gasteiger partial charge in [-0.15, -0.1) is 0 Å². The van der Waals surface area contributed by atoms with Crippen molar-refractivity contribution in [3.05, 3.63) is 64.5 Å². The summed E-state index contributed by atoms with van der Waals surface area (Å²) in [5.41, 5.74) is 1.84. The van der Waals surface area contributed by atoms with Gasteiger partial charge in [-0.25, -0.2) is 8.42 Å². The smallest absolute Gasteiger partial charge is 0.264 e. The number of amides is 1. The van der Waals surface area contributed by atoms with E-state index in [1.807, 2.05) is 4.90 Å². The maximum atomic E-state index is 13.4. The van der Waals surface area contributed by atoms with Crippen molar-refractivity contribution in [1.29, 1.82) is 0 Å². The van der Waals surface area contributed by atoms with Crippen LogP contribution in [0, 0.1) is 13.8 Å². The number of aryl methyl sites for hydroxylation is 2. The number of benzene rings is 2. The summed E-state index contributed by atoms with van der Waals surface area (Å²) in [5, 5.41) is 6.81. The van der Waals surface area contributed by atoms with Crippen LogP contribution in [0.1, 0.15) is 21.8 Å². The van der Waals surface area contributed by atoms with Crippen LogP contribution in [0.5, 0.6) is 0 Å². The highest BCUT2D eigenvalue weighted by Crippen LogP contribution is 2.32. The first-order valence-electron chi connectivity index (χ1n) is 10.2. The average Bonchev–Trinajstić information content (AvgIpc) is 3.14. The van der Waals surface area contributed by atoms with E-state index in [1.54, 1.807) is 50.2 Å². The number of nitrogens with zero attached hydrogens (tertiary/aromatic N) is 2. The number of hydrogen-bond donors (Lipinski definition) is 2. The number of carbonyl (C=O) groups excluding carboxylic acids is 1. The van der Waals surface area contributed by atoms with Crippen molar-refractivity contribution in [2.75, 3.05) is 41.2 Å². The van der Waals surface area contributed by atoms with E-state index in [0.29, 0.717) is 54.7 Å². The molecule has 4 rings (SSSR count). The number of halogens is 1. The van der Waals surface area contributed by atoms with Gasteiger partial charge in [0.25, 0.3) is 15.9 Å². The third-order valence-electron chi connectivity index (χ3n) is 5.24. The second-order valence-electron chi connectivity index (χ2n) is 7.52. The molecule has 1 saturated heterocycles. The molecule has 0 saturated carbocycles. The highest BCUT2D eigenvalue weighted by molar-refractivity contribution is 7.93. The molecule has 33 heavy (non-hydrogen) atoms. The molecule has 2 aromatic carbocycles. The molecule has 11 heteroatoms. The van der Waals surface area contributed by atoms with Crippen LogP contribution < -0.4 is 14.9 Å². The Morgan fingerprint density at radius 2 is 1.85 bits per heavy atom. The summed E-state index contributed by atoms with van der Waals surface area (Å²) in [4.78, 5) is 14.7. The molecule has 2 heterocycles. The van der Waals surface area contributed by atoms with Crippen LogP contribution in [-0.2, 0) is 14.8 Å². The number of hydrogen-bond acceptors (Lipinski definition) is 7. The number of aromatic nitrogens is 1. The summed E-state index contributed by atoms with van der Waals surface area (Å²) < 4.78 is 39.9. The minimum atomic E-state index is -4.04. The highest BCUT2D eigenvalue weighted by atomic mass is 35.5. The van der Waals surface area contributed by atoms with Gasteiger partial charge < -0.3 is 19.5 Å². The number of para-hydroxylation sites is 1. The van der Waals surface area contributed by atoms with E-state index in [1.165, 1.54) is 6.07 Å². The lowest BCUT2D eigenvalue weighted by molar-refractivity contribution is 0.102. The molecule has 1 amide bonds. The molecule has 9 nitrogen and oxygen atoms in total. The molecule has 0 atom stereocenters. The number of nitrogens with one attached hydrogen (secondary N) is 2. The average molecular weight is 491 g/mol. The topological polar surface area (TPSA) is 114 Å². The summed E-state index contributed by atoms with van der Waals surface area (Å²) in [6, 6.07) is 11.3. The maximum absolute atomic E-state index is 13.4. The molecule has 3 aromatic rings. The molecular weight excluding hydrogens is 468 g/mol. The fourth-order valence-electron chi connectivity index (χ4n) is 3.62. The Kier molecular flexibility index (Phi) is 6.59. The summed E-state index contributed by atoms with van der Waals surface area (Å²) in [6.45, 7) is 5.36. The van der Waals surface area contributed by atoms with Gasteiger partial charge in [0, 0.05) is 18.8 Å². The second kappa shape index (κ2) is 9.42. The number of ether oxygens (including phenoxy) is 1. The molecule has 1 aromatic heterocycles. The van der Waals surface area contributed by atoms with E-state index in [4.69, 9.17) is 20.9 Å². The van der Waals surface area contributed by atoms with Gasteiger partial charge in [0.2, 0.25) is 0 Å². The fourth-order valence-corrected chi connectivity index (χ4v) is 5.19. The lowest BCUT2D eigenvalue weighted by Gasteiger charge is -2.30. The van der Waals surface area contributed by atoms with Gasteiger partial charge in [-0.3, -0.25) is 9.52 Å². The Balaban J connectivity index is 1.72. The van der Waals surface area contributed by atoms with Crippen LogP contribution in [0.3, 0.4) is 0 Å². The van der Waals surface area contributed by atoms with Crippen molar-refractivity contribution < 1.29 is 22.5 Å². The van der Waals surface area contributed by atoms with Gasteiger partial charge in [-0.1, -0.05) is 28.9 Å². The number of morpholine rings is 1. The fraction of sp³-hybridized carbons (Fsp3) is 0.273. The zero-order chi connectivity index (χ0) is 23.6. The third kappa shape index (κ3) is 4.97. The Bertz CT molecular complexity index is 1270. The van der Waals surface area contributed by atoms with Crippen LogP contribution in [0.25, 0.3) is 0 Å². The van der Waals surface area contributed by atoms with Crippen LogP contribution in [0.2, 0.25) is 5.02 Å². The van der Waals surface area contributed by atoms with Crippen molar-refractivity contribution in [1.82, 2.24) is 5.16 Å². The Hall–Kier alpha value is -3.08. The molecule has 2 N–H and O–H groups in total. The Morgan fingerprint density at radius 3 is 2.52 bits per heavy atom. The standard InChI is InChI=1S/C22H23ClN4O5S/c1-14-21(15(2)32-25-14)22(28)24-16-7-8-19(27-9-11-31-12-10-27)20(13-16)33(29,30)26-18-6-4-3-5-17(18)23/h3-8,13,26H,9-12H2,1-2H3,(H,24,28). The van der Waals surface area contributed by atoms with Crippen LogP contribution in [-0.4, -0.2) is 45.8 Å². The van der Waals surface area contributed by atoms with Gasteiger partial charge >= 0.3 is 0 Å². The zero-order valence-electron chi connectivity index (χ0n) is 18.1. The Labute approximate surface area is 196 Å². The zero-order valence-corrected chi connectivity index (χ0v) is 19.7. The molecule has 0 aliphatic carbocycles. The van der Waals surface area contributed by atoms with Crippen LogP contribution >= 0.6 is 11.6 Å². The predicted octanol–water partition coefficient (Wildman–Crippen LogP) is 3.83. The first-order valence-corrected chi connectivity index (χ1v) is 12.1. The van der Waals surface area contributed by atoms with E-state index in [0.717, 1.165) is 0 Å². The van der Waals surface area contributed by atoms with E-state index >= 15 is 0 Å². The van der Waals surface area contributed by atoms with Gasteiger partial charge in [0.1, 0.15) is 16.2 Å². The number of rotatable bonds is 6. The molecule has 0 bridgehead atoms. The molecule has 1 fully saturated rings. The van der Waals surface area contributed by atoms with Crippen LogP contribution in [0.15, 0.2) is 51.9 Å². The number of anilines is 3. The normalized spacial score (nSPS) is 14.2. The third-order valence-corrected chi connectivity index (χ3v) is 6.96. The van der Waals surface area contributed by atoms with Gasteiger partial charge in [-0.05, 0) is 44.2 Å². The van der Waals surface area contributed by atoms with Gasteiger partial charge in [-0.2, -0.15) is 0 Å². The van der Waals surface area contributed by atoms with E-state index < -0.39 is 15.9 Å². The SMILES string of the molecule is Cc1noc(C)c1C(=O)Nc1ccc(N2CCOCC2)c(S(=O)(=O)Nc2ccccc2Cl)c1. The summed E-state index contributed by atoms with van der Waals surface area (Å²) >= 11 is 6.17. The van der Waals surface area contributed by atoms with Gasteiger partial charge in [0.15, 0.2) is 0 Å². The molecule has 0 spiro atoms.